The summed E-state index contributed by atoms with van der Waals surface area (Å²) < 4.78 is 11.8. The van der Waals surface area contributed by atoms with E-state index < -0.39 is 5.97 Å². The van der Waals surface area contributed by atoms with Crippen LogP contribution in [0.3, 0.4) is 0 Å². The van der Waals surface area contributed by atoms with Crippen molar-refractivity contribution in [2.75, 3.05) is 40.0 Å². The average Bonchev–Trinajstić information content (AvgIpc) is 2.95. The zero-order valence-corrected chi connectivity index (χ0v) is 12.2. The van der Waals surface area contributed by atoms with Crippen molar-refractivity contribution in [3.8, 4) is 0 Å². The molecule has 0 saturated carbocycles. The first-order valence-electron chi connectivity index (χ1n) is 7.19. The van der Waals surface area contributed by atoms with Crippen molar-refractivity contribution in [2.45, 2.75) is 25.3 Å². The number of carbonyl (C=O) groups is 1. The lowest BCUT2D eigenvalue weighted by Crippen LogP contribution is -2.29. The molecule has 0 aromatic carbocycles. The maximum absolute atomic E-state index is 11.8. The summed E-state index contributed by atoms with van der Waals surface area (Å²) in [6, 6.07) is 0. The number of aliphatic hydroxyl groups excluding tert-OH is 1. The van der Waals surface area contributed by atoms with Gasteiger partial charge in [-0.1, -0.05) is 5.21 Å². The maximum atomic E-state index is 11.8. The fraction of sp³-hybridized carbons (Fsp3) is 0.769. The Bertz CT molecular complexity index is 457. The van der Waals surface area contributed by atoms with Crippen LogP contribution in [-0.2, 0) is 16.0 Å². The lowest BCUT2D eigenvalue weighted by atomic mass is 9.93. The summed E-state index contributed by atoms with van der Waals surface area (Å²) in [6.45, 7) is 3.04. The molecule has 2 heterocycles. The molecule has 1 aromatic rings. The fourth-order valence-electron chi connectivity index (χ4n) is 2.54. The van der Waals surface area contributed by atoms with Crippen molar-refractivity contribution in [3.63, 3.8) is 0 Å². The summed E-state index contributed by atoms with van der Waals surface area (Å²) in [6.07, 6.45) is 1.88. The Balaban J connectivity index is 2.14. The molecule has 0 radical (unpaired) electrons. The normalized spacial score (nSPS) is 16.1. The minimum atomic E-state index is -0.453. The molecule has 1 aliphatic rings. The third-order valence-electron chi connectivity index (χ3n) is 3.56. The predicted molar refractivity (Wildman–Crippen MR) is 74.1 cm³/mol. The molecular weight excluding hydrogens is 276 g/mol. The second-order valence-electron chi connectivity index (χ2n) is 4.90. The number of rotatable bonds is 7. The van der Waals surface area contributed by atoms with Crippen LogP contribution in [0.4, 0.5) is 0 Å². The van der Waals surface area contributed by atoms with Gasteiger partial charge in [0, 0.05) is 5.92 Å². The van der Waals surface area contributed by atoms with Gasteiger partial charge in [0.15, 0.2) is 5.69 Å². The van der Waals surface area contributed by atoms with Crippen molar-refractivity contribution in [1.29, 1.82) is 0 Å². The van der Waals surface area contributed by atoms with Crippen LogP contribution in [0, 0.1) is 0 Å². The molecule has 118 valence electrons. The third kappa shape index (κ3) is 3.99. The van der Waals surface area contributed by atoms with E-state index in [0.717, 1.165) is 31.6 Å². The standard InChI is InChI=1S/C13H22N4O4/c1-20-13(19)11-12(10-2-4-14-5-3-10)17(16-15-11)6-8-21-9-7-18/h10,14,18H,2-9H2,1H3. The van der Waals surface area contributed by atoms with Crippen molar-refractivity contribution in [1.82, 2.24) is 20.3 Å². The van der Waals surface area contributed by atoms with Crippen LogP contribution in [0.1, 0.15) is 34.9 Å². The predicted octanol–water partition coefficient (Wildman–Crippen LogP) is -0.459. The first-order chi connectivity index (χ1) is 10.3. The van der Waals surface area contributed by atoms with E-state index in [2.05, 4.69) is 15.6 Å². The largest absolute Gasteiger partial charge is 0.464 e. The molecule has 1 fully saturated rings. The number of ether oxygens (including phenoxy) is 2. The van der Waals surface area contributed by atoms with Gasteiger partial charge in [-0.05, 0) is 25.9 Å². The number of hydrogen-bond donors (Lipinski definition) is 2. The third-order valence-corrected chi connectivity index (χ3v) is 3.56. The number of aromatic nitrogens is 3. The number of aliphatic hydroxyl groups is 1. The smallest absolute Gasteiger partial charge is 0.360 e. The van der Waals surface area contributed by atoms with Gasteiger partial charge in [0.1, 0.15) is 0 Å². The van der Waals surface area contributed by atoms with Gasteiger partial charge < -0.3 is 19.9 Å². The maximum Gasteiger partial charge on any atom is 0.360 e. The van der Waals surface area contributed by atoms with Gasteiger partial charge in [0.25, 0.3) is 0 Å². The van der Waals surface area contributed by atoms with Gasteiger partial charge >= 0.3 is 5.97 Å². The summed E-state index contributed by atoms with van der Waals surface area (Å²) in [5, 5.41) is 20.0. The Hall–Kier alpha value is -1.51. The first-order valence-corrected chi connectivity index (χ1v) is 7.19. The molecule has 0 unspecified atom stereocenters. The highest BCUT2D eigenvalue weighted by Crippen LogP contribution is 2.27. The molecule has 21 heavy (non-hydrogen) atoms. The average molecular weight is 298 g/mol. The van der Waals surface area contributed by atoms with Gasteiger partial charge in [-0.2, -0.15) is 0 Å². The first kappa shape index (κ1) is 15.9. The van der Waals surface area contributed by atoms with Gasteiger partial charge in [0.05, 0.1) is 39.2 Å². The second kappa shape index (κ2) is 8.06. The zero-order chi connectivity index (χ0) is 15.1. The van der Waals surface area contributed by atoms with Gasteiger partial charge in [0.2, 0.25) is 0 Å². The Labute approximate surface area is 123 Å². The highest BCUT2D eigenvalue weighted by molar-refractivity contribution is 5.88. The van der Waals surface area contributed by atoms with Gasteiger partial charge in [-0.15, -0.1) is 5.10 Å². The van der Waals surface area contributed by atoms with Gasteiger partial charge in [-0.25, -0.2) is 9.48 Å². The number of carbonyl (C=O) groups excluding carboxylic acids is 1. The molecule has 1 aliphatic heterocycles. The summed E-state index contributed by atoms with van der Waals surface area (Å²) in [5.74, 6) is -0.209. The van der Waals surface area contributed by atoms with Crippen LogP contribution >= 0.6 is 0 Å². The summed E-state index contributed by atoms with van der Waals surface area (Å²) in [5.41, 5.74) is 1.13. The SMILES string of the molecule is COC(=O)c1nnn(CCOCCO)c1C1CCNCC1. The van der Waals surface area contributed by atoms with Crippen LogP contribution in [0.15, 0.2) is 0 Å². The molecule has 8 nitrogen and oxygen atoms in total. The fourth-order valence-corrected chi connectivity index (χ4v) is 2.54. The molecule has 1 aromatic heterocycles. The lowest BCUT2D eigenvalue weighted by Gasteiger charge is -2.23. The summed E-state index contributed by atoms with van der Waals surface area (Å²) in [7, 11) is 1.35. The van der Waals surface area contributed by atoms with Crippen LogP contribution in [0.2, 0.25) is 0 Å². The minimum absolute atomic E-state index is 0.00802. The Morgan fingerprint density at radius 2 is 2.19 bits per heavy atom. The molecule has 0 bridgehead atoms. The van der Waals surface area contributed by atoms with Crippen LogP contribution in [0.5, 0.6) is 0 Å². The van der Waals surface area contributed by atoms with Gasteiger partial charge in [-0.3, -0.25) is 0 Å². The van der Waals surface area contributed by atoms with Crippen molar-refractivity contribution < 1.29 is 19.4 Å². The molecule has 2 N–H and O–H groups in total. The highest BCUT2D eigenvalue weighted by atomic mass is 16.5. The van der Waals surface area contributed by atoms with E-state index in [9.17, 15) is 4.79 Å². The van der Waals surface area contributed by atoms with Crippen molar-refractivity contribution >= 4 is 5.97 Å². The molecule has 2 rings (SSSR count). The van der Waals surface area contributed by atoms with E-state index in [-0.39, 0.29) is 12.5 Å². The molecule has 0 aliphatic carbocycles. The van der Waals surface area contributed by atoms with Crippen LogP contribution in [0.25, 0.3) is 0 Å². The summed E-state index contributed by atoms with van der Waals surface area (Å²) >= 11 is 0. The van der Waals surface area contributed by atoms with Crippen LogP contribution in [-0.4, -0.2) is 66.1 Å². The number of nitrogens with zero attached hydrogens (tertiary/aromatic N) is 3. The molecule has 0 atom stereocenters. The molecule has 8 heteroatoms. The second-order valence-corrected chi connectivity index (χ2v) is 4.90. The number of nitrogens with one attached hydrogen (secondary N) is 1. The monoisotopic (exact) mass is 298 g/mol. The molecule has 1 saturated heterocycles. The van der Waals surface area contributed by atoms with E-state index in [1.54, 1.807) is 4.68 Å². The van der Waals surface area contributed by atoms with E-state index >= 15 is 0 Å². The Morgan fingerprint density at radius 3 is 2.86 bits per heavy atom. The van der Waals surface area contributed by atoms with E-state index in [4.69, 9.17) is 14.6 Å². The van der Waals surface area contributed by atoms with E-state index in [1.807, 2.05) is 0 Å². The molecule has 0 amide bonds. The minimum Gasteiger partial charge on any atom is -0.464 e. The molecule has 0 spiro atoms. The lowest BCUT2D eigenvalue weighted by molar-refractivity contribution is 0.0591. The number of esters is 1. The summed E-state index contributed by atoms with van der Waals surface area (Å²) in [4.78, 5) is 11.8. The van der Waals surface area contributed by atoms with Crippen molar-refractivity contribution in [2.24, 2.45) is 0 Å². The number of hydrogen-bond acceptors (Lipinski definition) is 7. The highest BCUT2D eigenvalue weighted by Gasteiger charge is 2.28. The Morgan fingerprint density at radius 1 is 1.43 bits per heavy atom. The molecular formula is C13H22N4O4. The van der Waals surface area contributed by atoms with E-state index in [1.165, 1.54) is 7.11 Å². The zero-order valence-electron chi connectivity index (χ0n) is 12.2. The number of methoxy groups -OCH3 is 1. The topological polar surface area (TPSA) is 98.5 Å². The number of piperidine rings is 1. The quantitative estimate of drug-likeness (QED) is 0.519. The van der Waals surface area contributed by atoms with E-state index in [0.29, 0.717) is 25.5 Å². The Kier molecular flexibility index (Phi) is 6.09. The van der Waals surface area contributed by atoms with Crippen LogP contribution < -0.4 is 5.32 Å². The van der Waals surface area contributed by atoms with Crippen molar-refractivity contribution in [3.05, 3.63) is 11.4 Å².